The molecule has 1 heterocycles. The second-order valence-corrected chi connectivity index (χ2v) is 9.02. The Morgan fingerprint density at radius 3 is 2.59 bits per heavy atom. The summed E-state index contributed by atoms with van der Waals surface area (Å²) in [6.45, 7) is 2.53. The number of methoxy groups -OCH3 is 1. The molecule has 0 N–H and O–H groups in total. The summed E-state index contributed by atoms with van der Waals surface area (Å²) in [5.41, 5.74) is 3.58. The van der Waals surface area contributed by atoms with Gasteiger partial charge in [-0.05, 0) is 43.2 Å². The summed E-state index contributed by atoms with van der Waals surface area (Å²) >= 11 is 0. The van der Waals surface area contributed by atoms with Gasteiger partial charge in [-0.3, -0.25) is 4.79 Å². The third-order valence-corrected chi connectivity index (χ3v) is 6.61. The van der Waals surface area contributed by atoms with Crippen LogP contribution in [-0.2, 0) is 27.7 Å². The monoisotopic (exact) mass is 388 g/mol. The van der Waals surface area contributed by atoms with Crippen molar-refractivity contribution in [3.05, 3.63) is 53.1 Å². The number of rotatable bonds is 5. The zero-order valence-corrected chi connectivity index (χ0v) is 16.8. The second-order valence-electron chi connectivity index (χ2n) is 6.87. The molecule has 0 spiro atoms. The number of anilines is 1. The van der Waals surface area contributed by atoms with Gasteiger partial charge in [-0.25, -0.2) is 12.7 Å². The Morgan fingerprint density at radius 1 is 1.19 bits per heavy atom. The summed E-state index contributed by atoms with van der Waals surface area (Å²) in [6, 6.07) is 10.7. The van der Waals surface area contributed by atoms with Crippen molar-refractivity contribution in [2.45, 2.75) is 24.7 Å². The van der Waals surface area contributed by atoms with Gasteiger partial charge in [0.05, 0.1) is 18.4 Å². The maximum absolute atomic E-state index is 12.9. The van der Waals surface area contributed by atoms with Gasteiger partial charge in [-0.2, -0.15) is 0 Å². The van der Waals surface area contributed by atoms with Crippen molar-refractivity contribution in [2.24, 2.45) is 0 Å². The van der Waals surface area contributed by atoms with Crippen molar-refractivity contribution in [1.29, 1.82) is 0 Å². The number of carbonyl (C=O) groups is 1. The maximum atomic E-state index is 12.9. The molecule has 2 aromatic rings. The molecular weight excluding hydrogens is 364 g/mol. The van der Waals surface area contributed by atoms with Gasteiger partial charge in [-0.15, -0.1) is 0 Å². The first-order valence-corrected chi connectivity index (χ1v) is 10.2. The fraction of sp³-hybridized carbons (Fsp3) is 0.350. The molecule has 6 nitrogen and oxygen atoms in total. The van der Waals surface area contributed by atoms with Gasteiger partial charge in [0.25, 0.3) is 0 Å². The minimum absolute atomic E-state index is 0.0270. The number of hydrogen-bond donors (Lipinski definition) is 0. The first-order chi connectivity index (χ1) is 12.7. The zero-order valence-electron chi connectivity index (χ0n) is 16.0. The molecule has 0 radical (unpaired) electrons. The van der Waals surface area contributed by atoms with E-state index in [1.807, 2.05) is 25.1 Å². The van der Waals surface area contributed by atoms with E-state index in [1.54, 1.807) is 30.2 Å². The van der Waals surface area contributed by atoms with Crippen molar-refractivity contribution in [3.8, 4) is 5.75 Å². The molecule has 144 valence electrons. The smallest absolute Gasteiger partial charge is 0.242 e. The van der Waals surface area contributed by atoms with Crippen molar-refractivity contribution in [3.63, 3.8) is 0 Å². The van der Waals surface area contributed by atoms with E-state index in [0.717, 1.165) is 22.4 Å². The van der Waals surface area contributed by atoms with Crippen molar-refractivity contribution in [1.82, 2.24) is 4.31 Å². The lowest BCUT2D eigenvalue weighted by molar-refractivity contribution is -0.117. The number of fused-ring (bicyclic) bond motifs is 1. The topological polar surface area (TPSA) is 66.9 Å². The quantitative estimate of drug-likeness (QED) is 0.789. The van der Waals surface area contributed by atoms with Gasteiger partial charge in [0.1, 0.15) is 5.75 Å². The van der Waals surface area contributed by atoms with Gasteiger partial charge in [-0.1, -0.05) is 17.7 Å². The highest BCUT2D eigenvalue weighted by atomic mass is 32.2. The van der Waals surface area contributed by atoms with Crippen LogP contribution < -0.4 is 9.64 Å². The van der Waals surface area contributed by atoms with E-state index in [-0.39, 0.29) is 17.2 Å². The van der Waals surface area contributed by atoms with Gasteiger partial charge in [0, 0.05) is 31.9 Å². The first kappa shape index (κ1) is 19.4. The van der Waals surface area contributed by atoms with E-state index in [9.17, 15) is 13.2 Å². The Balaban J connectivity index is 1.86. The number of amides is 1. The Hall–Kier alpha value is -2.38. The van der Waals surface area contributed by atoms with E-state index >= 15 is 0 Å². The number of benzene rings is 2. The van der Waals surface area contributed by atoms with Gasteiger partial charge in [0.2, 0.25) is 15.9 Å². The number of sulfonamides is 1. The lowest BCUT2D eigenvalue weighted by atomic mass is 10.1. The van der Waals surface area contributed by atoms with Gasteiger partial charge in [0.15, 0.2) is 0 Å². The molecule has 1 amide bonds. The molecule has 1 aliphatic heterocycles. The predicted molar refractivity (Wildman–Crippen MR) is 105 cm³/mol. The fourth-order valence-electron chi connectivity index (χ4n) is 3.31. The number of nitrogens with zero attached hydrogens (tertiary/aromatic N) is 2. The molecule has 0 saturated carbocycles. The molecule has 0 aromatic heterocycles. The van der Waals surface area contributed by atoms with Gasteiger partial charge >= 0.3 is 0 Å². The number of aryl methyl sites for hydroxylation is 1. The van der Waals surface area contributed by atoms with E-state index in [2.05, 4.69) is 0 Å². The third kappa shape index (κ3) is 3.70. The molecule has 0 saturated heterocycles. The molecule has 0 bridgehead atoms. The summed E-state index contributed by atoms with van der Waals surface area (Å²) in [4.78, 5) is 14.9. The zero-order chi connectivity index (χ0) is 19.8. The van der Waals surface area contributed by atoms with E-state index in [4.69, 9.17) is 4.74 Å². The van der Waals surface area contributed by atoms with Crippen LogP contribution in [-0.4, -0.2) is 46.4 Å². The van der Waals surface area contributed by atoms with Crippen LogP contribution in [0.3, 0.4) is 0 Å². The summed E-state index contributed by atoms with van der Waals surface area (Å²) in [5.74, 6) is 0.668. The molecule has 1 aliphatic rings. The Morgan fingerprint density at radius 2 is 1.93 bits per heavy atom. The molecule has 2 aromatic carbocycles. The Bertz CT molecular complexity index is 983. The molecule has 0 unspecified atom stereocenters. The average molecular weight is 388 g/mol. The molecular formula is C20H24N2O4S. The number of ether oxygens (including phenoxy) is 1. The average Bonchev–Trinajstić information content (AvgIpc) is 3.05. The van der Waals surface area contributed by atoms with Crippen molar-refractivity contribution in [2.75, 3.05) is 32.6 Å². The van der Waals surface area contributed by atoms with Crippen LogP contribution in [0.4, 0.5) is 5.69 Å². The minimum Gasteiger partial charge on any atom is -0.496 e. The normalized spacial score (nSPS) is 13.7. The van der Waals surface area contributed by atoms with Crippen LogP contribution in [0.2, 0.25) is 0 Å². The summed E-state index contributed by atoms with van der Waals surface area (Å²) in [7, 11) is 1.12. The molecule has 0 fully saturated rings. The largest absolute Gasteiger partial charge is 0.496 e. The number of hydrogen-bond acceptors (Lipinski definition) is 4. The Labute approximate surface area is 160 Å². The molecule has 7 heteroatoms. The van der Waals surface area contributed by atoms with Crippen LogP contribution in [0, 0.1) is 6.92 Å². The van der Waals surface area contributed by atoms with Crippen LogP contribution in [0.25, 0.3) is 0 Å². The van der Waals surface area contributed by atoms with Gasteiger partial charge < -0.3 is 9.64 Å². The predicted octanol–water partition coefficient (Wildman–Crippen LogP) is 2.39. The van der Waals surface area contributed by atoms with E-state index in [0.29, 0.717) is 18.7 Å². The highest BCUT2D eigenvalue weighted by Gasteiger charge is 2.27. The fourth-order valence-corrected chi connectivity index (χ4v) is 4.27. The van der Waals surface area contributed by atoms with Crippen LogP contribution >= 0.6 is 0 Å². The summed E-state index contributed by atoms with van der Waals surface area (Å²) in [6.07, 6.45) is 0.880. The van der Waals surface area contributed by atoms with Crippen LogP contribution in [0.15, 0.2) is 41.3 Å². The lowest BCUT2D eigenvalue weighted by Gasteiger charge is -2.19. The Kier molecular flexibility index (Phi) is 5.26. The number of carbonyl (C=O) groups excluding carboxylic acids is 1. The standard InChI is InChI=1S/C20H24N2O4S/c1-14-5-8-19(26-4)16(11-14)13-20(23)22-10-9-15-12-17(6-7-18(15)22)27(24,25)21(2)3/h5-8,11-12H,9-10,13H2,1-4H3. The molecule has 3 rings (SSSR count). The summed E-state index contributed by atoms with van der Waals surface area (Å²) in [5, 5.41) is 0. The van der Waals surface area contributed by atoms with Crippen molar-refractivity contribution >= 4 is 21.6 Å². The summed E-state index contributed by atoms with van der Waals surface area (Å²) < 4.78 is 31.2. The molecule has 0 aliphatic carbocycles. The molecule has 27 heavy (non-hydrogen) atoms. The first-order valence-electron chi connectivity index (χ1n) is 8.73. The lowest BCUT2D eigenvalue weighted by Crippen LogP contribution is -2.30. The second kappa shape index (κ2) is 7.32. The van der Waals surface area contributed by atoms with E-state index in [1.165, 1.54) is 18.4 Å². The van der Waals surface area contributed by atoms with Crippen LogP contribution in [0.5, 0.6) is 5.75 Å². The highest BCUT2D eigenvalue weighted by molar-refractivity contribution is 7.89. The van der Waals surface area contributed by atoms with Crippen molar-refractivity contribution < 1.29 is 17.9 Å². The third-order valence-electron chi connectivity index (χ3n) is 4.80. The minimum atomic E-state index is -3.49. The highest BCUT2D eigenvalue weighted by Crippen LogP contribution is 2.32. The van der Waals surface area contributed by atoms with E-state index < -0.39 is 10.0 Å². The maximum Gasteiger partial charge on any atom is 0.242 e. The SMILES string of the molecule is COc1ccc(C)cc1CC(=O)N1CCc2cc(S(=O)(=O)N(C)C)ccc21. The molecule has 0 atom stereocenters. The van der Waals surface area contributed by atoms with Crippen LogP contribution in [0.1, 0.15) is 16.7 Å².